The molecule has 19 heavy (non-hydrogen) atoms. The normalized spacial score (nSPS) is 13.5. The predicted octanol–water partition coefficient (Wildman–Crippen LogP) is 1.83. The summed E-state index contributed by atoms with van der Waals surface area (Å²) in [5.74, 6) is -0.381. The summed E-state index contributed by atoms with van der Waals surface area (Å²) >= 11 is 5.92. The zero-order valence-electron chi connectivity index (χ0n) is 11.2. The minimum atomic E-state index is -0.519. The van der Waals surface area contributed by atoms with E-state index in [1.165, 1.54) is 7.05 Å². The maximum absolute atomic E-state index is 11.7. The highest BCUT2D eigenvalue weighted by Gasteiger charge is 2.17. The number of imide groups is 1. The van der Waals surface area contributed by atoms with Crippen LogP contribution in [0.4, 0.5) is 4.79 Å². The minimum Gasteiger partial charge on any atom is -0.341 e. The van der Waals surface area contributed by atoms with Crippen LogP contribution in [-0.4, -0.2) is 25.0 Å². The second-order valence-electron chi connectivity index (χ2n) is 4.23. The summed E-state index contributed by atoms with van der Waals surface area (Å²) < 4.78 is 0. The maximum atomic E-state index is 11.7. The van der Waals surface area contributed by atoms with Gasteiger partial charge in [-0.2, -0.15) is 0 Å². The molecule has 5 nitrogen and oxygen atoms in total. The van der Waals surface area contributed by atoms with Gasteiger partial charge in [0.05, 0.1) is 6.04 Å². The summed E-state index contributed by atoms with van der Waals surface area (Å²) in [6.07, 6.45) is 0. The van der Waals surface area contributed by atoms with Crippen LogP contribution in [0.3, 0.4) is 0 Å². The predicted molar refractivity (Wildman–Crippen MR) is 75.1 cm³/mol. The number of nitrogens with one attached hydrogen (secondary N) is 3. The molecule has 6 heteroatoms. The fraction of sp³-hybridized carbons (Fsp3) is 0.385. The molecule has 2 atom stereocenters. The lowest BCUT2D eigenvalue weighted by molar-refractivity contribution is -0.121. The fourth-order valence-corrected chi connectivity index (χ4v) is 1.80. The third-order valence-electron chi connectivity index (χ3n) is 2.71. The van der Waals surface area contributed by atoms with E-state index < -0.39 is 12.1 Å². The molecule has 0 aliphatic rings. The van der Waals surface area contributed by atoms with E-state index in [0.29, 0.717) is 5.02 Å². The Balaban J connectivity index is 2.58. The van der Waals surface area contributed by atoms with Gasteiger partial charge >= 0.3 is 6.03 Å². The Morgan fingerprint density at radius 3 is 2.53 bits per heavy atom. The van der Waals surface area contributed by atoms with Crippen LogP contribution in [0, 0.1) is 0 Å². The number of carbonyl (C=O) groups is 2. The molecule has 3 amide bonds. The molecular formula is C13H18ClN3O2. The van der Waals surface area contributed by atoms with Crippen LogP contribution < -0.4 is 16.0 Å². The molecule has 0 unspecified atom stereocenters. The van der Waals surface area contributed by atoms with Crippen molar-refractivity contribution in [3.8, 4) is 0 Å². The summed E-state index contributed by atoms with van der Waals surface area (Å²) in [4.78, 5) is 22.7. The van der Waals surface area contributed by atoms with E-state index in [9.17, 15) is 9.59 Å². The first-order chi connectivity index (χ1) is 8.93. The van der Waals surface area contributed by atoms with Crippen LogP contribution >= 0.6 is 11.6 Å². The Hall–Kier alpha value is -1.59. The third kappa shape index (κ3) is 4.89. The van der Waals surface area contributed by atoms with E-state index in [2.05, 4.69) is 16.0 Å². The Morgan fingerprint density at radius 1 is 1.26 bits per heavy atom. The maximum Gasteiger partial charge on any atom is 0.321 e. The van der Waals surface area contributed by atoms with E-state index in [-0.39, 0.29) is 11.9 Å². The number of rotatable bonds is 4. The molecule has 3 N–H and O–H groups in total. The molecule has 0 spiro atoms. The second kappa shape index (κ2) is 7.11. The first-order valence-corrected chi connectivity index (χ1v) is 6.36. The van der Waals surface area contributed by atoms with Gasteiger partial charge in [-0.25, -0.2) is 4.79 Å². The molecule has 104 valence electrons. The summed E-state index contributed by atoms with van der Waals surface area (Å²) in [7, 11) is 1.45. The van der Waals surface area contributed by atoms with Gasteiger partial charge in [0.1, 0.15) is 0 Å². The first-order valence-electron chi connectivity index (χ1n) is 5.98. The van der Waals surface area contributed by atoms with Gasteiger partial charge in [0, 0.05) is 18.1 Å². The van der Waals surface area contributed by atoms with Crippen molar-refractivity contribution >= 4 is 23.5 Å². The number of urea groups is 1. The van der Waals surface area contributed by atoms with Gasteiger partial charge in [0.2, 0.25) is 5.91 Å². The van der Waals surface area contributed by atoms with Crippen LogP contribution in [0.25, 0.3) is 0 Å². The van der Waals surface area contributed by atoms with Crippen molar-refractivity contribution in [3.05, 3.63) is 34.9 Å². The molecule has 0 saturated carbocycles. The van der Waals surface area contributed by atoms with Crippen LogP contribution in [0.15, 0.2) is 24.3 Å². The Kier molecular flexibility index (Phi) is 5.79. The van der Waals surface area contributed by atoms with E-state index in [0.717, 1.165) is 5.56 Å². The summed E-state index contributed by atoms with van der Waals surface area (Å²) in [5.41, 5.74) is 0.979. The van der Waals surface area contributed by atoms with Gasteiger partial charge in [0.15, 0.2) is 0 Å². The fourth-order valence-electron chi connectivity index (χ4n) is 1.61. The van der Waals surface area contributed by atoms with E-state index in [1.54, 1.807) is 13.0 Å². The number of hydrogen-bond acceptors (Lipinski definition) is 3. The summed E-state index contributed by atoms with van der Waals surface area (Å²) in [6, 6.07) is 6.34. The lowest BCUT2D eigenvalue weighted by Gasteiger charge is -2.19. The van der Waals surface area contributed by atoms with Gasteiger partial charge < -0.3 is 5.32 Å². The van der Waals surface area contributed by atoms with Gasteiger partial charge in [-0.3, -0.25) is 15.4 Å². The smallest absolute Gasteiger partial charge is 0.321 e. The number of carbonyl (C=O) groups excluding carboxylic acids is 2. The molecule has 1 aromatic carbocycles. The van der Waals surface area contributed by atoms with Crippen molar-refractivity contribution in [2.45, 2.75) is 25.9 Å². The Morgan fingerprint density at radius 2 is 1.95 bits per heavy atom. The topological polar surface area (TPSA) is 70.2 Å². The number of amides is 3. The van der Waals surface area contributed by atoms with Crippen molar-refractivity contribution < 1.29 is 9.59 Å². The highest BCUT2D eigenvalue weighted by atomic mass is 35.5. The summed E-state index contributed by atoms with van der Waals surface area (Å²) in [5, 5.41) is 8.30. The molecule has 0 aliphatic carbocycles. The van der Waals surface area contributed by atoms with E-state index >= 15 is 0 Å². The number of halogens is 1. The minimum absolute atomic E-state index is 0.0517. The zero-order chi connectivity index (χ0) is 14.4. The first kappa shape index (κ1) is 15.5. The molecular weight excluding hydrogens is 266 g/mol. The van der Waals surface area contributed by atoms with E-state index in [4.69, 9.17) is 11.6 Å². The molecule has 1 aromatic rings. The van der Waals surface area contributed by atoms with Crippen LogP contribution in [0.1, 0.15) is 25.5 Å². The largest absolute Gasteiger partial charge is 0.341 e. The van der Waals surface area contributed by atoms with Crippen molar-refractivity contribution in [3.63, 3.8) is 0 Å². The standard InChI is InChI=1S/C13H18ClN3O2/c1-8(10-5-4-6-11(14)7-10)16-9(2)12(18)17-13(19)15-3/h4-9,16H,1-3H3,(H2,15,17,18,19)/t8-,9+/m0/s1. The molecule has 0 aliphatic heterocycles. The average molecular weight is 284 g/mol. The highest BCUT2D eigenvalue weighted by Crippen LogP contribution is 2.17. The monoisotopic (exact) mass is 283 g/mol. The molecule has 0 bridgehead atoms. The summed E-state index contributed by atoms with van der Waals surface area (Å²) in [6.45, 7) is 3.62. The quantitative estimate of drug-likeness (QED) is 0.790. The average Bonchev–Trinajstić information content (AvgIpc) is 2.38. The van der Waals surface area contributed by atoms with Gasteiger partial charge in [-0.05, 0) is 31.5 Å². The van der Waals surface area contributed by atoms with Crippen molar-refractivity contribution in [1.29, 1.82) is 0 Å². The van der Waals surface area contributed by atoms with Crippen molar-refractivity contribution in [2.24, 2.45) is 0 Å². The Labute approximate surface area is 117 Å². The lowest BCUT2D eigenvalue weighted by Crippen LogP contribution is -2.47. The molecule has 0 saturated heterocycles. The molecule has 0 aromatic heterocycles. The lowest BCUT2D eigenvalue weighted by atomic mass is 10.1. The molecule has 1 rings (SSSR count). The Bertz CT molecular complexity index is 465. The second-order valence-corrected chi connectivity index (χ2v) is 4.67. The number of hydrogen-bond donors (Lipinski definition) is 3. The van der Waals surface area contributed by atoms with Crippen LogP contribution in [-0.2, 0) is 4.79 Å². The molecule has 0 fully saturated rings. The van der Waals surface area contributed by atoms with Gasteiger partial charge in [-0.15, -0.1) is 0 Å². The molecule has 0 radical (unpaired) electrons. The van der Waals surface area contributed by atoms with Crippen LogP contribution in [0.2, 0.25) is 5.02 Å². The number of benzene rings is 1. The third-order valence-corrected chi connectivity index (χ3v) is 2.94. The van der Waals surface area contributed by atoms with Gasteiger partial charge in [0.25, 0.3) is 0 Å². The highest BCUT2D eigenvalue weighted by molar-refractivity contribution is 6.30. The zero-order valence-corrected chi connectivity index (χ0v) is 11.9. The van der Waals surface area contributed by atoms with Gasteiger partial charge in [-0.1, -0.05) is 23.7 Å². The van der Waals surface area contributed by atoms with Crippen LogP contribution in [0.5, 0.6) is 0 Å². The van der Waals surface area contributed by atoms with Crippen molar-refractivity contribution in [1.82, 2.24) is 16.0 Å². The van der Waals surface area contributed by atoms with Crippen molar-refractivity contribution in [2.75, 3.05) is 7.05 Å². The van der Waals surface area contributed by atoms with E-state index in [1.807, 2.05) is 25.1 Å². The molecule has 0 heterocycles. The SMILES string of the molecule is CNC(=O)NC(=O)[C@@H](C)N[C@@H](C)c1cccc(Cl)c1.